The van der Waals surface area contributed by atoms with E-state index in [9.17, 15) is 14.7 Å². The van der Waals surface area contributed by atoms with E-state index in [1.165, 1.54) is 13.3 Å². The van der Waals surface area contributed by atoms with Crippen molar-refractivity contribution in [2.75, 3.05) is 26.8 Å². The summed E-state index contributed by atoms with van der Waals surface area (Å²) in [5, 5.41) is 13.8. The van der Waals surface area contributed by atoms with Crippen LogP contribution in [0.1, 0.15) is 23.2 Å². The highest BCUT2D eigenvalue weighted by molar-refractivity contribution is 5.94. The number of methoxy groups -OCH3 is 1. The first kappa shape index (κ1) is 17.2. The molecule has 1 unspecified atom stereocenters. The summed E-state index contributed by atoms with van der Waals surface area (Å²) in [7, 11) is 1.48. The van der Waals surface area contributed by atoms with Crippen LogP contribution in [0, 0.1) is 5.41 Å². The van der Waals surface area contributed by atoms with Gasteiger partial charge in [-0.25, -0.2) is 4.68 Å². The zero-order valence-electron chi connectivity index (χ0n) is 14.1. The van der Waals surface area contributed by atoms with Crippen LogP contribution in [-0.4, -0.2) is 58.5 Å². The number of benzene rings is 1. The molecule has 1 aliphatic heterocycles. The fourth-order valence-corrected chi connectivity index (χ4v) is 3.27. The predicted molar refractivity (Wildman–Crippen MR) is 90.6 cm³/mol. The number of para-hydroxylation sites is 1. The standard InChI is InChI=1S/C18H21N3O4/c1-25-13-18(17(23)24)8-5-9-20(12-18)16(22)14-10-19-21(11-14)15-6-3-2-4-7-15/h2-4,6-7,10-11H,5,8-9,12-13H2,1H3,(H,23,24). The maximum absolute atomic E-state index is 12.8. The first-order chi connectivity index (χ1) is 12.1. The molecule has 3 rings (SSSR count). The number of nitrogens with zero attached hydrogens (tertiary/aromatic N) is 3. The van der Waals surface area contributed by atoms with E-state index in [0.29, 0.717) is 24.9 Å². The van der Waals surface area contributed by atoms with Gasteiger partial charge in [-0.15, -0.1) is 0 Å². The molecular weight excluding hydrogens is 322 g/mol. The van der Waals surface area contributed by atoms with Gasteiger partial charge in [0.05, 0.1) is 24.1 Å². The Bertz CT molecular complexity index is 755. The molecule has 132 valence electrons. The largest absolute Gasteiger partial charge is 0.481 e. The Labute approximate surface area is 145 Å². The monoisotopic (exact) mass is 343 g/mol. The number of aromatic nitrogens is 2. The van der Waals surface area contributed by atoms with Gasteiger partial charge >= 0.3 is 5.97 Å². The Hall–Kier alpha value is -2.67. The highest BCUT2D eigenvalue weighted by Crippen LogP contribution is 2.31. The minimum Gasteiger partial charge on any atom is -0.481 e. The normalized spacial score (nSPS) is 20.4. The molecule has 2 aromatic rings. The number of rotatable bonds is 5. The van der Waals surface area contributed by atoms with E-state index in [2.05, 4.69) is 5.10 Å². The molecule has 0 radical (unpaired) electrons. The van der Waals surface area contributed by atoms with E-state index >= 15 is 0 Å². The fraction of sp³-hybridized carbons (Fsp3) is 0.389. The number of hydrogen-bond donors (Lipinski definition) is 1. The average molecular weight is 343 g/mol. The molecule has 7 heteroatoms. The number of amides is 1. The van der Waals surface area contributed by atoms with Gasteiger partial charge in [0.1, 0.15) is 5.41 Å². The summed E-state index contributed by atoms with van der Waals surface area (Å²) >= 11 is 0. The lowest BCUT2D eigenvalue weighted by molar-refractivity contribution is -0.155. The molecule has 0 bridgehead atoms. The predicted octanol–water partition coefficient (Wildman–Crippen LogP) is 1.83. The van der Waals surface area contributed by atoms with Crippen molar-refractivity contribution in [2.45, 2.75) is 12.8 Å². The maximum atomic E-state index is 12.8. The zero-order chi connectivity index (χ0) is 17.9. The van der Waals surface area contributed by atoms with Crippen molar-refractivity contribution in [3.05, 3.63) is 48.3 Å². The number of carboxylic acid groups (broad SMARTS) is 1. The van der Waals surface area contributed by atoms with Gasteiger partial charge in [0, 0.05) is 26.4 Å². The molecule has 1 aliphatic rings. The van der Waals surface area contributed by atoms with Gasteiger partial charge in [0.25, 0.3) is 5.91 Å². The molecule has 0 spiro atoms. The molecule has 1 saturated heterocycles. The molecule has 7 nitrogen and oxygen atoms in total. The highest BCUT2D eigenvalue weighted by atomic mass is 16.5. The van der Waals surface area contributed by atoms with E-state index in [-0.39, 0.29) is 19.1 Å². The molecule has 1 atom stereocenters. The van der Waals surface area contributed by atoms with Crippen LogP contribution >= 0.6 is 0 Å². The number of ether oxygens (including phenoxy) is 1. The topological polar surface area (TPSA) is 84.7 Å². The second-order valence-electron chi connectivity index (χ2n) is 6.36. The van der Waals surface area contributed by atoms with Crippen molar-refractivity contribution in [1.82, 2.24) is 14.7 Å². The lowest BCUT2D eigenvalue weighted by atomic mass is 9.80. The highest BCUT2D eigenvalue weighted by Gasteiger charge is 2.44. The van der Waals surface area contributed by atoms with Gasteiger partial charge < -0.3 is 14.7 Å². The minimum absolute atomic E-state index is 0.0926. The van der Waals surface area contributed by atoms with Crippen molar-refractivity contribution >= 4 is 11.9 Å². The van der Waals surface area contributed by atoms with Crippen molar-refractivity contribution in [1.29, 1.82) is 0 Å². The third kappa shape index (κ3) is 3.41. The molecule has 2 heterocycles. The van der Waals surface area contributed by atoms with Crippen LogP contribution in [0.25, 0.3) is 5.69 Å². The van der Waals surface area contributed by atoms with Gasteiger partial charge in [0.2, 0.25) is 0 Å². The molecule has 25 heavy (non-hydrogen) atoms. The number of hydrogen-bond acceptors (Lipinski definition) is 4. The summed E-state index contributed by atoms with van der Waals surface area (Å²) in [5.74, 6) is -1.13. The number of aliphatic carboxylic acids is 1. The SMILES string of the molecule is COCC1(C(=O)O)CCCN(C(=O)c2cnn(-c3ccccc3)c2)C1. The molecule has 1 fully saturated rings. The van der Waals surface area contributed by atoms with Crippen molar-refractivity contribution < 1.29 is 19.4 Å². The first-order valence-corrected chi connectivity index (χ1v) is 8.17. The Morgan fingerprint density at radius 2 is 2.08 bits per heavy atom. The van der Waals surface area contributed by atoms with E-state index in [1.807, 2.05) is 30.3 Å². The van der Waals surface area contributed by atoms with Gasteiger partial charge in [0.15, 0.2) is 0 Å². The van der Waals surface area contributed by atoms with Crippen molar-refractivity contribution in [3.8, 4) is 5.69 Å². The van der Waals surface area contributed by atoms with Gasteiger partial charge in [-0.1, -0.05) is 18.2 Å². The summed E-state index contributed by atoms with van der Waals surface area (Å²) in [4.78, 5) is 26.1. The number of carbonyl (C=O) groups excluding carboxylic acids is 1. The van der Waals surface area contributed by atoms with Crippen LogP contribution in [0.2, 0.25) is 0 Å². The summed E-state index contributed by atoms with van der Waals surface area (Å²) in [6.45, 7) is 0.773. The molecule has 1 amide bonds. The van der Waals surface area contributed by atoms with Crippen LogP contribution in [0.5, 0.6) is 0 Å². The quantitative estimate of drug-likeness (QED) is 0.895. The zero-order valence-corrected chi connectivity index (χ0v) is 14.1. The number of likely N-dealkylation sites (tertiary alicyclic amines) is 1. The van der Waals surface area contributed by atoms with Crippen LogP contribution in [0.4, 0.5) is 0 Å². The fourth-order valence-electron chi connectivity index (χ4n) is 3.27. The van der Waals surface area contributed by atoms with Crippen LogP contribution in [-0.2, 0) is 9.53 Å². The summed E-state index contributed by atoms with van der Waals surface area (Å²) in [5.41, 5.74) is 0.264. The van der Waals surface area contributed by atoms with Crippen LogP contribution in [0.15, 0.2) is 42.7 Å². The lowest BCUT2D eigenvalue weighted by Crippen LogP contribution is -2.52. The lowest BCUT2D eigenvalue weighted by Gasteiger charge is -2.39. The molecular formula is C18H21N3O4. The Kier molecular flexibility index (Phi) is 4.85. The Balaban J connectivity index is 1.79. The molecule has 1 aromatic carbocycles. The second-order valence-corrected chi connectivity index (χ2v) is 6.36. The van der Waals surface area contributed by atoms with Gasteiger partial charge in [-0.3, -0.25) is 9.59 Å². The van der Waals surface area contributed by atoms with Crippen LogP contribution in [0.3, 0.4) is 0 Å². The number of carbonyl (C=O) groups is 2. The molecule has 0 aliphatic carbocycles. The summed E-state index contributed by atoms with van der Waals surface area (Å²) in [6.07, 6.45) is 4.32. The van der Waals surface area contributed by atoms with E-state index in [1.54, 1.807) is 15.8 Å². The van der Waals surface area contributed by atoms with E-state index in [0.717, 1.165) is 5.69 Å². The van der Waals surface area contributed by atoms with Crippen LogP contribution < -0.4 is 0 Å². The average Bonchev–Trinajstić information content (AvgIpc) is 3.12. The third-order valence-corrected chi connectivity index (χ3v) is 4.59. The third-order valence-electron chi connectivity index (χ3n) is 4.59. The first-order valence-electron chi connectivity index (χ1n) is 8.17. The summed E-state index contributed by atoms with van der Waals surface area (Å²) < 4.78 is 6.74. The number of carboxylic acids is 1. The van der Waals surface area contributed by atoms with Crippen molar-refractivity contribution in [3.63, 3.8) is 0 Å². The van der Waals surface area contributed by atoms with E-state index in [4.69, 9.17) is 4.74 Å². The van der Waals surface area contributed by atoms with Gasteiger partial charge in [-0.05, 0) is 25.0 Å². The Morgan fingerprint density at radius 1 is 1.32 bits per heavy atom. The summed E-state index contributed by atoms with van der Waals surface area (Å²) in [6, 6.07) is 9.50. The van der Waals surface area contributed by atoms with Gasteiger partial charge in [-0.2, -0.15) is 5.10 Å². The maximum Gasteiger partial charge on any atom is 0.313 e. The number of piperidine rings is 1. The van der Waals surface area contributed by atoms with Crippen molar-refractivity contribution in [2.24, 2.45) is 5.41 Å². The molecule has 1 aromatic heterocycles. The second kappa shape index (κ2) is 7.06. The van der Waals surface area contributed by atoms with E-state index < -0.39 is 11.4 Å². The molecule has 0 saturated carbocycles. The Morgan fingerprint density at radius 3 is 2.76 bits per heavy atom. The molecule has 1 N–H and O–H groups in total. The minimum atomic E-state index is -1.04. The smallest absolute Gasteiger partial charge is 0.313 e.